The van der Waals surface area contributed by atoms with Gasteiger partial charge in [0, 0.05) is 19.6 Å². The van der Waals surface area contributed by atoms with Crippen molar-refractivity contribution in [3.8, 4) is 0 Å². The molecule has 3 nitrogen and oxygen atoms in total. The van der Waals surface area contributed by atoms with Crippen molar-refractivity contribution in [3.05, 3.63) is 0 Å². The Morgan fingerprint density at radius 1 is 1.06 bits per heavy atom. The molecule has 1 aliphatic rings. The average molecular weight is 255 g/mol. The van der Waals surface area contributed by atoms with Gasteiger partial charge in [-0.05, 0) is 57.8 Å². The third-order valence-electron chi connectivity index (χ3n) is 3.96. The molecule has 2 N–H and O–H groups in total. The summed E-state index contributed by atoms with van der Waals surface area (Å²) in [7, 11) is 0. The summed E-state index contributed by atoms with van der Waals surface area (Å²) in [4.78, 5) is 5.30. The summed E-state index contributed by atoms with van der Waals surface area (Å²) in [5, 5.41) is 0. The average Bonchev–Trinajstić information content (AvgIpc) is 2.56. The van der Waals surface area contributed by atoms with Crippen molar-refractivity contribution < 1.29 is 0 Å². The Labute approximate surface area is 114 Å². The van der Waals surface area contributed by atoms with Gasteiger partial charge in [-0.15, -0.1) is 0 Å². The maximum atomic E-state index is 5.55. The first-order chi connectivity index (χ1) is 8.76. The van der Waals surface area contributed by atoms with Gasteiger partial charge in [0.05, 0.1) is 0 Å². The standard InChI is InChI=1S/C15H33N3/c1-3-7-15(2)14-18-11-6-10-17(12-13-18)9-5-4-8-16/h15H,3-14,16H2,1-2H3. The molecule has 0 spiro atoms. The van der Waals surface area contributed by atoms with Gasteiger partial charge >= 0.3 is 0 Å². The second-order valence-electron chi connectivity index (χ2n) is 5.89. The Hall–Kier alpha value is -0.120. The Bertz CT molecular complexity index is 196. The second kappa shape index (κ2) is 9.76. The van der Waals surface area contributed by atoms with Crippen LogP contribution in [0.15, 0.2) is 0 Å². The summed E-state index contributed by atoms with van der Waals surface area (Å²) in [6.45, 7) is 13.2. The highest BCUT2D eigenvalue weighted by molar-refractivity contribution is 4.71. The molecule has 0 amide bonds. The van der Waals surface area contributed by atoms with E-state index in [1.807, 2.05) is 0 Å². The minimum Gasteiger partial charge on any atom is -0.330 e. The van der Waals surface area contributed by atoms with E-state index in [1.165, 1.54) is 71.4 Å². The van der Waals surface area contributed by atoms with Gasteiger partial charge in [-0.2, -0.15) is 0 Å². The molecule has 0 aromatic rings. The predicted molar refractivity (Wildman–Crippen MR) is 79.9 cm³/mol. The number of unbranched alkanes of at least 4 members (excludes halogenated alkanes) is 1. The molecule has 1 heterocycles. The number of nitrogens with two attached hydrogens (primary N) is 1. The number of hydrogen-bond acceptors (Lipinski definition) is 3. The number of nitrogens with zero attached hydrogens (tertiary/aromatic N) is 2. The van der Waals surface area contributed by atoms with Gasteiger partial charge in [0.1, 0.15) is 0 Å². The molecule has 108 valence electrons. The van der Waals surface area contributed by atoms with Crippen molar-refractivity contribution in [1.29, 1.82) is 0 Å². The van der Waals surface area contributed by atoms with E-state index in [2.05, 4.69) is 23.6 Å². The normalized spacial score (nSPS) is 20.8. The Balaban J connectivity index is 2.19. The lowest BCUT2D eigenvalue weighted by Crippen LogP contribution is -2.33. The second-order valence-corrected chi connectivity index (χ2v) is 5.89. The zero-order valence-electron chi connectivity index (χ0n) is 12.5. The fraction of sp³-hybridized carbons (Fsp3) is 1.00. The topological polar surface area (TPSA) is 32.5 Å². The van der Waals surface area contributed by atoms with Gasteiger partial charge in [-0.3, -0.25) is 0 Å². The molecule has 1 saturated heterocycles. The van der Waals surface area contributed by atoms with E-state index in [0.29, 0.717) is 0 Å². The van der Waals surface area contributed by atoms with Crippen molar-refractivity contribution in [1.82, 2.24) is 9.80 Å². The van der Waals surface area contributed by atoms with Crippen molar-refractivity contribution in [3.63, 3.8) is 0 Å². The van der Waals surface area contributed by atoms with Gasteiger partial charge in [0.2, 0.25) is 0 Å². The van der Waals surface area contributed by atoms with Crippen LogP contribution in [0.2, 0.25) is 0 Å². The van der Waals surface area contributed by atoms with E-state index in [-0.39, 0.29) is 0 Å². The zero-order chi connectivity index (χ0) is 13.2. The zero-order valence-corrected chi connectivity index (χ0v) is 12.5. The van der Waals surface area contributed by atoms with Gasteiger partial charge in [0.15, 0.2) is 0 Å². The predicted octanol–water partition coefficient (Wildman–Crippen LogP) is 2.17. The van der Waals surface area contributed by atoms with Crippen LogP contribution in [0, 0.1) is 5.92 Å². The third-order valence-corrected chi connectivity index (χ3v) is 3.96. The molecule has 18 heavy (non-hydrogen) atoms. The lowest BCUT2D eigenvalue weighted by Gasteiger charge is -2.24. The maximum absolute atomic E-state index is 5.55. The van der Waals surface area contributed by atoms with Crippen molar-refractivity contribution in [2.45, 2.75) is 46.0 Å². The highest BCUT2D eigenvalue weighted by atomic mass is 15.2. The SMILES string of the molecule is CCCC(C)CN1CCCN(CCCCN)CC1. The molecule has 0 saturated carbocycles. The van der Waals surface area contributed by atoms with Crippen LogP contribution in [0.5, 0.6) is 0 Å². The van der Waals surface area contributed by atoms with Crippen molar-refractivity contribution in [2.75, 3.05) is 45.8 Å². The molecule has 3 heteroatoms. The van der Waals surface area contributed by atoms with E-state index >= 15 is 0 Å². The van der Waals surface area contributed by atoms with Crippen LogP contribution in [0.25, 0.3) is 0 Å². The van der Waals surface area contributed by atoms with Crippen LogP contribution < -0.4 is 5.73 Å². The minimum atomic E-state index is 0.842. The quantitative estimate of drug-likeness (QED) is 0.675. The van der Waals surface area contributed by atoms with E-state index in [1.54, 1.807) is 0 Å². The fourth-order valence-corrected chi connectivity index (χ4v) is 2.94. The first kappa shape index (κ1) is 15.9. The van der Waals surface area contributed by atoms with Gasteiger partial charge in [-0.25, -0.2) is 0 Å². The molecular formula is C15H33N3. The molecule has 0 aromatic carbocycles. The Kier molecular flexibility index (Phi) is 8.64. The summed E-state index contributed by atoms with van der Waals surface area (Å²) in [5.41, 5.74) is 5.55. The molecule has 0 radical (unpaired) electrons. The van der Waals surface area contributed by atoms with Gasteiger partial charge in [-0.1, -0.05) is 20.3 Å². The van der Waals surface area contributed by atoms with E-state index in [0.717, 1.165) is 12.5 Å². The summed E-state index contributed by atoms with van der Waals surface area (Å²) in [6.07, 6.45) is 6.47. The molecule has 0 bridgehead atoms. The lowest BCUT2D eigenvalue weighted by atomic mass is 10.1. The molecule has 0 aliphatic carbocycles. The van der Waals surface area contributed by atoms with Crippen LogP contribution >= 0.6 is 0 Å². The number of rotatable bonds is 8. The van der Waals surface area contributed by atoms with Crippen LogP contribution in [0.1, 0.15) is 46.0 Å². The third kappa shape index (κ3) is 6.72. The summed E-state index contributed by atoms with van der Waals surface area (Å²) in [5.74, 6) is 0.860. The molecule has 1 atom stereocenters. The Morgan fingerprint density at radius 3 is 2.50 bits per heavy atom. The summed E-state index contributed by atoms with van der Waals surface area (Å²) in [6, 6.07) is 0. The van der Waals surface area contributed by atoms with Crippen LogP contribution in [0.4, 0.5) is 0 Å². The van der Waals surface area contributed by atoms with Crippen LogP contribution in [-0.4, -0.2) is 55.6 Å². The largest absolute Gasteiger partial charge is 0.330 e. The molecule has 1 unspecified atom stereocenters. The molecule has 0 aromatic heterocycles. The first-order valence-corrected chi connectivity index (χ1v) is 7.91. The first-order valence-electron chi connectivity index (χ1n) is 7.91. The van der Waals surface area contributed by atoms with Crippen molar-refractivity contribution >= 4 is 0 Å². The van der Waals surface area contributed by atoms with Gasteiger partial charge in [0.25, 0.3) is 0 Å². The highest BCUT2D eigenvalue weighted by Crippen LogP contribution is 2.10. The maximum Gasteiger partial charge on any atom is 0.0109 e. The summed E-state index contributed by atoms with van der Waals surface area (Å²) >= 11 is 0. The molecule has 1 aliphatic heterocycles. The number of hydrogen-bond donors (Lipinski definition) is 1. The lowest BCUT2D eigenvalue weighted by molar-refractivity contribution is 0.227. The fourth-order valence-electron chi connectivity index (χ4n) is 2.94. The summed E-state index contributed by atoms with van der Waals surface area (Å²) < 4.78 is 0. The van der Waals surface area contributed by atoms with Crippen molar-refractivity contribution in [2.24, 2.45) is 11.7 Å². The van der Waals surface area contributed by atoms with Crippen LogP contribution in [0.3, 0.4) is 0 Å². The molecular weight excluding hydrogens is 222 g/mol. The smallest absolute Gasteiger partial charge is 0.0109 e. The Morgan fingerprint density at radius 2 is 1.78 bits per heavy atom. The molecule has 1 fully saturated rings. The van der Waals surface area contributed by atoms with E-state index in [4.69, 9.17) is 5.73 Å². The molecule has 1 rings (SSSR count). The van der Waals surface area contributed by atoms with Gasteiger partial charge < -0.3 is 15.5 Å². The van der Waals surface area contributed by atoms with E-state index in [9.17, 15) is 0 Å². The van der Waals surface area contributed by atoms with Crippen LogP contribution in [-0.2, 0) is 0 Å². The highest BCUT2D eigenvalue weighted by Gasteiger charge is 2.15. The van der Waals surface area contributed by atoms with E-state index < -0.39 is 0 Å². The monoisotopic (exact) mass is 255 g/mol. The minimum absolute atomic E-state index is 0.842.